The third-order valence-electron chi connectivity index (χ3n) is 5.14. The van der Waals surface area contributed by atoms with Gasteiger partial charge in [-0.1, -0.05) is 59.8 Å². The van der Waals surface area contributed by atoms with E-state index in [1.807, 2.05) is 43.3 Å². The van der Waals surface area contributed by atoms with Crippen LogP contribution in [0.4, 0.5) is 0 Å². The molecule has 0 spiro atoms. The number of nitrogens with zero attached hydrogens (tertiary/aromatic N) is 4. The summed E-state index contributed by atoms with van der Waals surface area (Å²) in [6, 6.07) is 19.6. The Kier molecular flexibility index (Phi) is 5.59. The molecule has 0 saturated heterocycles. The first-order valence-corrected chi connectivity index (χ1v) is 12.0. The van der Waals surface area contributed by atoms with E-state index in [2.05, 4.69) is 41.6 Å². The van der Waals surface area contributed by atoms with Crippen LogP contribution >= 0.6 is 23.1 Å². The first-order chi connectivity index (χ1) is 15.6. The SMILES string of the molecule is Cc1ccc(-c2nc(CSc3nc4ccccc4c(=O)n3-c3ncccc3C)cs2)cc1. The molecule has 0 aliphatic heterocycles. The van der Waals surface area contributed by atoms with Gasteiger partial charge in [0.05, 0.1) is 16.6 Å². The zero-order valence-electron chi connectivity index (χ0n) is 17.6. The van der Waals surface area contributed by atoms with Gasteiger partial charge in [0.1, 0.15) is 10.8 Å². The van der Waals surface area contributed by atoms with Crippen LogP contribution in [-0.4, -0.2) is 19.5 Å². The Hall–Kier alpha value is -3.29. The van der Waals surface area contributed by atoms with Crippen LogP contribution in [0.25, 0.3) is 27.3 Å². The molecule has 0 atom stereocenters. The van der Waals surface area contributed by atoms with Gasteiger partial charge in [0.15, 0.2) is 5.16 Å². The Bertz CT molecular complexity index is 1470. The minimum Gasteiger partial charge on any atom is -0.268 e. The Balaban J connectivity index is 1.52. The summed E-state index contributed by atoms with van der Waals surface area (Å²) >= 11 is 3.13. The zero-order valence-corrected chi connectivity index (χ0v) is 19.3. The molecular weight excluding hydrogens is 436 g/mol. The number of thioether (sulfide) groups is 1. The van der Waals surface area contributed by atoms with Crippen LogP contribution in [-0.2, 0) is 5.75 Å². The fourth-order valence-electron chi connectivity index (χ4n) is 3.45. The van der Waals surface area contributed by atoms with Crippen LogP contribution in [0, 0.1) is 13.8 Å². The van der Waals surface area contributed by atoms with Crippen molar-refractivity contribution >= 4 is 34.0 Å². The average Bonchev–Trinajstić information content (AvgIpc) is 3.28. The zero-order chi connectivity index (χ0) is 22.1. The Morgan fingerprint density at radius 3 is 2.59 bits per heavy atom. The molecule has 2 aromatic carbocycles. The minimum atomic E-state index is -0.112. The van der Waals surface area contributed by atoms with Crippen molar-refractivity contribution in [3.8, 4) is 16.4 Å². The fourth-order valence-corrected chi connectivity index (χ4v) is 5.27. The molecule has 0 fully saturated rings. The molecule has 5 aromatic rings. The summed E-state index contributed by atoms with van der Waals surface area (Å²) in [5.74, 6) is 1.22. The fraction of sp³-hybridized carbons (Fsp3) is 0.120. The van der Waals surface area contributed by atoms with Crippen LogP contribution in [0.5, 0.6) is 0 Å². The molecule has 0 bridgehead atoms. The van der Waals surface area contributed by atoms with Gasteiger partial charge in [-0.15, -0.1) is 11.3 Å². The van der Waals surface area contributed by atoms with Gasteiger partial charge in [-0.25, -0.2) is 19.5 Å². The highest BCUT2D eigenvalue weighted by Gasteiger charge is 2.16. The molecule has 0 amide bonds. The normalized spacial score (nSPS) is 11.2. The summed E-state index contributed by atoms with van der Waals surface area (Å²) in [6.07, 6.45) is 1.70. The number of para-hydroxylation sites is 1. The van der Waals surface area contributed by atoms with Gasteiger partial charge in [0.25, 0.3) is 5.56 Å². The van der Waals surface area contributed by atoms with Crippen LogP contribution < -0.4 is 5.56 Å². The lowest BCUT2D eigenvalue weighted by Crippen LogP contribution is -2.23. The van der Waals surface area contributed by atoms with Crippen molar-refractivity contribution in [1.82, 2.24) is 19.5 Å². The van der Waals surface area contributed by atoms with Gasteiger partial charge in [0.2, 0.25) is 0 Å². The lowest BCUT2D eigenvalue weighted by Gasteiger charge is -2.13. The van der Waals surface area contributed by atoms with Gasteiger partial charge in [-0.2, -0.15) is 0 Å². The van der Waals surface area contributed by atoms with E-state index in [4.69, 9.17) is 9.97 Å². The Morgan fingerprint density at radius 1 is 0.969 bits per heavy atom. The molecule has 5 rings (SSSR count). The summed E-state index contributed by atoms with van der Waals surface area (Å²) in [4.78, 5) is 27.5. The van der Waals surface area contributed by atoms with Crippen molar-refractivity contribution in [1.29, 1.82) is 0 Å². The number of aromatic nitrogens is 4. The van der Waals surface area contributed by atoms with Gasteiger partial charge in [-0.05, 0) is 37.6 Å². The summed E-state index contributed by atoms with van der Waals surface area (Å²) in [7, 11) is 0. The minimum absolute atomic E-state index is 0.112. The number of aryl methyl sites for hydroxylation is 2. The second kappa shape index (κ2) is 8.68. The highest BCUT2D eigenvalue weighted by Crippen LogP contribution is 2.29. The maximum absolute atomic E-state index is 13.4. The van der Waals surface area contributed by atoms with E-state index in [1.165, 1.54) is 17.3 Å². The molecule has 0 saturated carbocycles. The highest BCUT2D eigenvalue weighted by atomic mass is 32.2. The first kappa shape index (κ1) is 20.6. The smallest absolute Gasteiger partial charge is 0.267 e. The summed E-state index contributed by atoms with van der Waals surface area (Å²) < 4.78 is 1.62. The molecule has 3 heterocycles. The number of thiazole rings is 1. The maximum atomic E-state index is 13.4. The third kappa shape index (κ3) is 3.97. The number of rotatable bonds is 5. The lowest BCUT2D eigenvalue weighted by atomic mass is 10.2. The van der Waals surface area contributed by atoms with E-state index < -0.39 is 0 Å². The second-order valence-electron chi connectivity index (χ2n) is 7.49. The van der Waals surface area contributed by atoms with Crippen molar-refractivity contribution in [2.45, 2.75) is 24.8 Å². The molecule has 7 heteroatoms. The van der Waals surface area contributed by atoms with Crippen molar-refractivity contribution in [3.05, 3.63) is 99.4 Å². The van der Waals surface area contributed by atoms with Crippen molar-refractivity contribution in [2.24, 2.45) is 0 Å². The Labute approximate surface area is 193 Å². The topological polar surface area (TPSA) is 60.7 Å². The second-order valence-corrected chi connectivity index (χ2v) is 9.30. The van der Waals surface area contributed by atoms with E-state index in [-0.39, 0.29) is 5.56 Å². The maximum Gasteiger partial charge on any atom is 0.267 e. The van der Waals surface area contributed by atoms with Crippen LogP contribution in [0.2, 0.25) is 0 Å². The molecule has 0 aliphatic rings. The van der Waals surface area contributed by atoms with Crippen molar-refractivity contribution in [2.75, 3.05) is 0 Å². The van der Waals surface area contributed by atoms with E-state index in [0.29, 0.717) is 27.6 Å². The summed E-state index contributed by atoms with van der Waals surface area (Å²) in [5.41, 5.74) is 4.79. The standard InChI is InChI=1S/C25H20N4OS2/c1-16-9-11-18(12-10-16)23-27-19(14-31-23)15-32-25-28-21-8-4-3-7-20(21)24(30)29(25)22-17(2)6-5-13-26-22/h3-14H,15H2,1-2H3. The monoisotopic (exact) mass is 456 g/mol. The average molecular weight is 457 g/mol. The largest absolute Gasteiger partial charge is 0.268 e. The van der Waals surface area contributed by atoms with Crippen LogP contribution in [0.15, 0.2) is 82.2 Å². The van der Waals surface area contributed by atoms with E-state index in [0.717, 1.165) is 21.8 Å². The van der Waals surface area contributed by atoms with Crippen LogP contribution in [0.1, 0.15) is 16.8 Å². The molecule has 3 aromatic heterocycles. The lowest BCUT2D eigenvalue weighted by molar-refractivity contribution is 0.789. The highest BCUT2D eigenvalue weighted by molar-refractivity contribution is 7.98. The summed E-state index contributed by atoms with van der Waals surface area (Å²) in [5, 5.41) is 4.25. The first-order valence-electron chi connectivity index (χ1n) is 10.2. The predicted octanol–water partition coefficient (Wildman–Crippen LogP) is 5.81. The number of hydrogen-bond donors (Lipinski definition) is 0. The van der Waals surface area contributed by atoms with E-state index in [1.54, 1.807) is 22.1 Å². The molecule has 0 unspecified atom stereocenters. The van der Waals surface area contributed by atoms with Crippen molar-refractivity contribution < 1.29 is 0 Å². The quantitative estimate of drug-likeness (QED) is 0.247. The summed E-state index contributed by atoms with van der Waals surface area (Å²) in [6.45, 7) is 4.03. The van der Waals surface area contributed by atoms with Crippen LogP contribution in [0.3, 0.4) is 0 Å². The molecule has 0 N–H and O–H groups in total. The molecule has 5 nitrogen and oxygen atoms in total. The number of fused-ring (bicyclic) bond motifs is 1. The number of hydrogen-bond acceptors (Lipinski definition) is 6. The van der Waals surface area contributed by atoms with E-state index >= 15 is 0 Å². The molecule has 0 aliphatic carbocycles. The number of pyridine rings is 1. The van der Waals surface area contributed by atoms with Gasteiger partial charge >= 0.3 is 0 Å². The molecule has 0 radical (unpaired) electrons. The Morgan fingerprint density at radius 2 is 1.78 bits per heavy atom. The van der Waals surface area contributed by atoms with E-state index in [9.17, 15) is 4.79 Å². The third-order valence-corrected chi connectivity index (χ3v) is 7.05. The molecular formula is C25H20N4OS2. The van der Waals surface area contributed by atoms with Crippen molar-refractivity contribution in [3.63, 3.8) is 0 Å². The van der Waals surface area contributed by atoms with Gasteiger partial charge in [-0.3, -0.25) is 4.79 Å². The molecule has 32 heavy (non-hydrogen) atoms. The molecule has 158 valence electrons. The predicted molar refractivity (Wildman–Crippen MR) is 132 cm³/mol. The van der Waals surface area contributed by atoms with Gasteiger partial charge < -0.3 is 0 Å². The number of benzene rings is 2. The van der Waals surface area contributed by atoms with Gasteiger partial charge in [0, 0.05) is 22.9 Å².